The average Bonchev–Trinajstić information content (AvgIpc) is 2.33. The molecule has 0 bridgehead atoms. The average molecular weight is 185 g/mol. The molecule has 1 aliphatic rings. The molecule has 1 fully saturated rings. The van der Waals surface area contributed by atoms with Crippen LogP contribution in [-0.2, 0) is 9.53 Å². The maximum absolute atomic E-state index is 11.1. The molecule has 1 unspecified atom stereocenters. The maximum atomic E-state index is 11.1. The molecule has 1 saturated heterocycles. The van der Waals surface area contributed by atoms with Gasteiger partial charge < -0.3 is 10.1 Å². The molecule has 0 spiro atoms. The molecule has 1 radical (unpaired) electrons. The smallest absolute Gasteiger partial charge is 0.306 e. The summed E-state index contributed by atoms with van der Waals surface area (Å²) < 4.78 is 4.88. The Kier molecular flexibility index (Phi) is 4.78. The molecular formula is C9H17N2O2. The highest BCUT2D eigenvalue weighted by Crippen LogP contribution is 2.04. The van der Waals surface area contributed by atoms with Gasteiger partial charge in [-0.1, -0.05) is 0 Å². The Hall–Kier alpha value is -0.610. The van der Waals surface area contributed by atoms with E-state index in [0.717, 1.165) is 26.2 Å². The Morgan fingerprint density at radius 3 is 3.31 bits per heavy atom. The SMILES string of the molecule is CCOC(=O)CC1C[N]CCNC1. The molecule has 1 rings (SSSR count). The summed E-state index contributed by atoms with van der Waals surface area (Å²) in [5.74, 6) is 0.216. The zero-order chi connectivity index (χ0) is 9.52. The lowest BCUT2D eigenvalue weighted by Crippen LogP contribution is -2.25. The van der Waals surface area contributed by atoms with Crippen molar-refractivity contribution in [2.24, 2.45) is 5.92 Å². The van der Waals surface area contributed by atoms with E-state index in [1.165, 1.54) is 0 Å². The normalized spacial score (nSPS) is 19.5. The van der Waals surface area contributed by atoms with Crippen LogP contribution in [0.2, 0.25) is 0 Å². The summed E-state index contributed by atoms with van der Waals surface area (Å²) >= 11 is 0. The molecule has 1 heterocycles. The predicted octanol–water partition coefficient (Wildman–Crippen LogP) is -0.237. The highest BCUT2D eigenvalue weighted by Gasteiger charge is 2.16. The van der Waals surface area contributed by atoms with Gasteiger partial charge >= 0.3 is 5.97 Å². The second-order valence-electron chi connectivity index (χ2n) is 3.21. The van der Waals surface area contributed by atoms with Gasteiger partial charge in [0.2, 0.25) is 0 Å². The van der Waals surface area contributed by atoms with Crippen molar-refractivity contribution in [2.45, 2.75) is 13.3 Å². The fourth-order valence-corrected chi connectivity index (χ4v) is 1.40. The topological polar surface area (TPSA) is 52.4 Å². The molecule has 0 aromatic carbocycles. The zero-order valence-corrected chi connectivity index (χ0v) is 8.08. The lowest BCUT2D eigenvalue weighted by atomic mass is 10.1. The van der Waals surface area contributed by atoms with Gasteiger partial charge in [-0.25, -0.2) is 5.32 Å². The van der Waals surface area contributed by atoms with Gasteiger partial charge in [-0.3, -0.25) is 4.79 Å². The summed E-state index contributed by atoms with van der Waals surface area (Å²) in [5, 5.41) is 7.54. The minimum absolute atomic E-state index is 0.105. The number of ether oxygens (including phenoxy) is 1. The van der Waals surface area contributed by atoms with Gasteiger partial charge in [0.05, 0.1) is 13.0 Å². The number of esters is 1. The summed E-state index contributed by atoms with van der Waals surface area (Å²) in [6.07, 6.45) is 0.490. The van der Waals surface area contributed by atoms with Crippen molar-refractivity contribution >= 4 is 5.97 Å². The molecule has 13 heavy (non-hydrogen) atoms. The quantitative estimate of drug-likeness (QED) is 0.618. The summed E-state index contributed by atoms with van der Waals surface area (Å²) in [4.78, 5) is 11.1. The van der Waals surface area contributed by atoms with Crippen molar-refractivity contribution in [3.05, 3.63) is 0 Å². The summed E-state index contributed by atoms with van der Waals surface area (Å²) in [7, 11) is 0. The van der Waals surface area contributed by atoms with Crippen molar-refractivity contribution in [1.82, 2.24) is 10.6 Å². The number of nitrogens with one attached hydrogen (secondary N) is 1. The van der Waals surface area contributed by atoms with Gasteiger partial charge in [0, 0.05) is 19.6 Å². The highest BCUT2D eigenvalue weighted by molar-refractivity contribution is 5.69. The van der Waals surface area contributed by atoms with E-state index in [9.17, 15) is 4.79 Å². The highest BCUT2D eigenvalue weighted by atomic mass is 16.5. The third-order valence-electron chi connectivity index (χ3n) is 2.03. The van der Waals surface area contributed by atoms with Crippen LogP contribution in [0.15, 0.2) is 0 Å². The standard InChI is InChI=1S/C9H17N2O2/c1-2-13-9(12)5-8-6-10-3-4-11-7-8/h8,10H,2-7H2,1H3. The molecule has 0 aromatic heterocycles. The van der Waals surface area contributed by atoms with E-state index in [-0.39, 0.29) is 5.97 Å². The van der Waals surface area contributed by atoms with Crippen molar-refractivity contribution in [2.75, 3.05) is 32.8 Å². The first-order valence-electron chi connectivity index (χ1n) is 4.82. The van der Waals surface area contributed by atoms with Crippen LogP contribution in [-0.4, -0.2) is 38.8 Å². The van der Waals surface area contributed by atoms with Crippen LogP contribution >= 0.6 is 0 Å². The first kappa shape index (κ1) is 10.5. The van der Waals surface area contributed by atoms with Crippen LogP contribution in [0.25, 0.3) is 0 Å². The molecule has 75 valence electrons. The fraction of sp³-hybridized carbons (Fsp3) is 0.889. The third-order valence-corrected chi connectivity index (χ3v) is 2.03. The molecule has 4 heteroatoms. The van der Waals surface area contributed by atoms with Gasteiger partial charge in [-0.15, -0.1) is 0 Å². The Labute approximate surface area is 79.0 Å². The van der Waals surface area contributed by atoms with Gasteiger partial charge in [0.25, 0.3) is 0 Å². The molecule has 0 amide bonds. The largest absolute Gasteiger partial charge is 0.466 e. The number of nitrogens with zero attached hydrogens (tertiary/aromatic N) is 1. The fourth-order valence-electron chi connectivity index (χ4n) is 1.40. The van der Waals surface area contributed by atoms with Gasteiger partial charge in [0.15, 0.2) is 0 Å². The first-order valence-corrected chi connectivity index (χ1v) is 4.82. The maximum Gasteiger partial charge on any atom is 0.306 e. The Bertz CT molecular complexity index is 154. The number of carbonyl (C=O) groups is 1. The van der Waals surface area contributed by atoms with E-state index in [4.69, 9.17) is 4.74 Å². The van der Waals surface area contributed by atoms with E-state index in [1.54, 1.807) is 0 Å². The zero-order valence-electron chi connectivity index (χ0n) is 8.08. The van der Waals surface area contributed by atoms with Crippen LogP contribution in [0.5, 0.6) is 0 Å². The second kappa shape index (κ2) is 5.94. The Morgan fingerprint density at radius 2 is 2.54 bits per heavy atom. The molecule has 0 saturated carbocycles. The first-order chi connectivity index (χ1) is 6.33. The molecule has 1 N–H and O–H groups in total. The number of hydrogen-bond acceptors (Lipinski definition) is 3. The second-order valence-corrected chi connectivity index (χ2v) is 3.21. The summed E-state index contributed by atoms with van der Waals surface area (Å²) in [6, 6.07) is 0. The Morgan fingerprint density at radius 1 is 1.69 bits per heavy atom. The van der Waals surface area contributed by atoms with Crippen LogP contribution in [0, 0.1) is 5.92 Å². The minimum atomic E-state index is -0.105. The van der Waals surface area contributed by atoms with Crippen molar-refractivity contribution < 1.29 is 9.53 Å². The van der Waals surface area contributed by atoms with E-state index < -0.39 is 0 Å². The van der Waals surface area contributed by atoms with E-state index in [2.05, 4.69) is 10.6 Å². The van der Waals surface area contributed by atoms with Gasteiger partial charge in [-0.05, 0) is 19.4 Å². The number of carbonyl (C=O) groups excluding carboxylic acids is 1. The number of rotatable bonds is 3. The van der Waals surface area contributed by atoms with Crippen LogP contribution in [0.4, 0.5) is 0 Å². The molecule has 4 nitrogen and oxygen atoms in total. The van der Waals surface area contributed by atoms with Gasteiger partial charge in [-0.2, -0.15) is 0 Å². The Balaban J connectivity index is 2.21. The van der Waals surface area contributed by atoms with Crippen molar-refractivity contribution in [1.29, 1.82) is 0 Å². The molecule has 0 aromatic rings. The monoisotopic (exact) mass is 185 g/mol. The van der Waals surface area contributed by atoms with Crippen molar-refractivity contribution in [3.8, 4) is 0 Å². The molecule has 1 aliphatic heterocycles. The van der Waals surface area contributed by atoms with Crippen LogP contribution < -0.4 is 10.6 Å². The third kappa shape index (κ3) is 4.24. The van der Waals surface area contributed by atoms with E-state index in [1.807, 2.05) is 6.92 Å². The molecular weight excluding hydrogens is 168 g/mol. The van der Waals surface area contributed by atoms with Crippen LogP contribution in [0.1, 0.15) is 13.3 Å². The summed E-state index contributed by atoms with van der Waals surface area (Å²) in [5.41, 5.74) is 0. The molecule has 0 aliphatic carbocycles. The van der Waals surface area contributed by atoms with E-state index in [0.29, 0.717) is 18.9 Å². The lowest BCUT2D eigenvalue weighted by molar-refractivity contribution is -0.144. The lowest BCUT2D eigenvalue weighted by Gasteiger charge is -2.11. The van der Waals surface area contributed by atoms with Crippen LogP contribution in [0.3, 0.4) is 0 Å². The van der Waals surface area contributed by atoms with E-state index >= 15 is 0 Å². The summed E-state index contributed by atoms with van der Waals surface area (Å²) in [6.45, 7) is 5.75. The number of hydrogen-bond donors (Lipinski definition) is 1. The predicted molar refractivity (Wildman–Crippen MR) is 49.5 cm³/mol. The molecule has 1 atom stereocenters. The van der Waals surface area contributed by atoms with Gasteiger partial charge in [0.1, 0.15) is 0 Å². The minimum Gasteiger partial charge on any atom is -0.466 e. The van der Waals surface area contributed by atoms with Crippen molar-refractivity contribution in [3.63, 3.8) is 0 Å².